The fraction of sp³-hybridized carbons (Fsp3) is 0.379. The number of nitrogens with zero attached hydrogens (tertiary/aromatic N) is 3. The summed E-state index contributed by atoms with van der Waals surface area (Å²) in [5, 5.41) is 0. The van der Waals surface area contributed by atoms with Crippen LogP contribution in [-0.4, -0.2) is 73.1 Å². The first-order valence-corrected chi connectivity index (χ1v) is 12.8. The normalized spacial score (nSPS) is 13.9. The van der Waals surface area contributed by atoms with Gasteiger partial charge in [0.2, 0.25) is 0 Å². The molecule has 0 saturated carbocycles. The summed E-state index contributed by atoms with van der Waals surface area (Å²) in [7, 11) is 5.37. The number of Topliss-reactive ketones (excluding diaryl/α,β-unsaturated/α-hetero) is 1. The van der Waals surface area contributed by atoms with Crippen LogP contribution in [0.3, 0.4) is 0 Å². The lowest BCUT2D eigenvalue weighted by Gasteiger charge is -2.34. The van der Waals surface area contributed by atoms with Crippen LogP contribution in [0.2, 0.25) is 0 Å². The van der Waals surface area contributed by atoms with Crippen LogP contribution in [0.15, 0.2) is 36.4 Å². The molecule has 1 saturated heterocycles. The van der Waals surface area contributed by atoms with Crippen LogP contribution in [0.25, 0.3) is 33.7 Å². The summed E-state index contributed by atoms with van der Waals surface area (Å²) >= 11 is 0. The highest BCUT2D eigenvalue weighted by molar-refractivity contribution is 6.06. The summed E-state index contributed by atoms with van der Waals surface area (Å²) in [5.74, 6) is 1.92. The molecule has 0 radical (unpaired) electrons. The summed E-state index contributed by atoms with van der Waals surface area (Å²) in [6.45, 7) is 11.6. The predicted octanol–water partition coefficient (Wildman–Crippen LogP) is 5.53. The van der Waals surface area contributed by atoms with Crippen LogP contribution >= 0.6 is 0 Å². The van der Waals surface area contributed by atoms with E-state index >= 15 is 0 Å². The zero-order chi connectivity index (χ0) is 26.7. The number of piperazine rings is 1. The number of carbonyl (C=O) groups excluding carboxylic acids is 1. The second-order valence-electron chi connectivity index (χ2n) is 9.08. The predicted molar refractivity (Wildman–Crippen MR) is 150 cm³/mol. The number of aromatic amines is 2. The number of ketones is 1. The van der Waals surface area contributed by atoms with E-state index in [1.807, 2.05) is 39.0 Å². The van der Waals surface area contributed by atoms with Gasteiger partial charge in [-0.05, 0) is 56.8 Å². The second kappa shape index (κ2) is 11.1. The number of rotatable bonds is 6. The molecule has 0 aliphatic carbocycles. The molecule has 8 heteroatoms. The molecule has 4 aromatic rings. The largest absolute Gasteiger partial charge is 0.493 e. The highest BCUT2D eigenvalue weighted by Gasteiger charge is 2.24. The molecule has 8 nitrogen and oxygen atoms in total. The summed E-state index contributed by atoms with van der Waals surface area (Å²) in [4.78, 5) is 29.2. The van der Waals surface area contributed by atoms with Crippen LogP contribution in [0.4, 0.5) is 5.69 Å². The maximum Gasteiger partial charge on any atom is 0.162 e. The summed E-state index contributed by atoms with van der Waals surface area (Å²) < 4.78 is 10.9. The van der Waals surface area contributed by atoms with Crippen molar-refractivity contribution in [2.45, 2.75) is 27.7 Å². The Bertz CT molecular complexity index is 1400. The zero-order valence-corrected chi connectivity index (χ0v) is 22.9. The van der Waals surface area contributed by atoms with E-state index in [0.29, 0.717) is 22.9 Å². The summed E-state index contributed by atoms with van der Waals surface area (Å²) in [6, 6.07) is 12.0. The Morgan fingerprint density at radius 2 is 1.65 bits per heavy atom. The van der Waals surface area contributed by atoms with Crippen LogP contribution in [0.5, 0.6) is 11.5 Å². The number of hydrogen-bond acceptors (Lipinski definition) is 6. The average Bonchev–Trinajstić information content (AvgIpc) is 3.50. The minimum atomic E-state index is -0.0109. The number of nitrogens with one attached hydrogen (secondary N) is 2. The maximum absolute atomic E-state index is 12.7. The van der Waals surface area contributed by atoms with Gasteiger partial charge in [0.1, 0.15) is 0 Å². The molecule has 37 heavy (non-hydrogen) atoms. The van der Waals surface area contributed by atoms with Gasteiger partial charge < -0.3 is 29.2 Å². The lowest BCUT2D eigenvalue weighted by molar-refractivity contribution is 0.101. The molecule has 196 valence electrons. The Hall–Kier alpha value is -3.78. The Labute approximate surface area is 218 Å². The van der Waals surface area contributed by atoms with E-state index < -0.39 is 0 Å². The molecule has 1 fully saturated rings. The maximum atomic E-state index is 12.7. The lowest BCUT2D eigenvalue weighted by atomic mass is 9.97. The SMILES string of the molecule is CC.COc1ccc(-c2c(-c3nc4ccc(N5CCN(C)CC5)cc4[nH]3)[nH]c(C)c2C(C)=O)cc1OC. The molecule has 2 aromatic carbocycles. The average molecular weight is 504 g/mol. The second-order valence-corrected chi connectivity index (χ2v) is 9.08. The van der Waals surface area contributed by atoms with Gasteiger partial charge >= 0.3 is 0 Å². The van der Waals surface area contributed by atoms with Crippen molar-refractivity contribution >= 4 is 22.5 Å². The molecular weight excluding hydrogens is 466 g/mol. The molecule has 0 atom stereocenters. The fourth-order valence-corrected chi connectivity index (χ4v) is 4.90. The van der Waals surface area contributed by atoms with E-state index in [1.165, 1.54) is 5.69 Å². The zero-order valence-electron chi connectivity index (χ0n) is 22.9. The summed E-state index contributed by atoms with van der Waals surface area (Å²) in [6.07, 6.45) is 0. The topological polar surface area (TPSA) is 86.5 Å². The van der Waals surface area contributed by atoms with Crippen LogP contribution < -0.4 is 14.4 Å². The van der Waals surface area contributed by atoms with Gasteiger partial charge in [-0.3, -0.25) is 4.79 Å². The third kappa shape index (κ3) is 5.06. The quantitative estimate of drug-likeness (QED) is 0.337. The minimum Gasteiger partial charge on any atom is -0.493 e. The van der Waals surface area contributed by atoms with E-state index in [0.717, 1.165) is 59.7 Å². The molecule has 1 aliphatic rings. The van der Waals surface area contributed by atoms with Gasteiger partial charge in [-0.1, -0.05) is 19.9 Å². The highest BCUT2D eigenvalue weighted by Crippen LogP contribution is 2.40. The monoisotopic (exact) mass is 503 g/mol. The number of aryl methyl sites for hydroxylation is 1. The molecule has 0 spiro atoms. The number of likely N-dealkylation sites (N-methyl/N-ethyl adjacent to an activating group) is 1. The van der Waals surface area contributed by atoms with Crippen molar-refractivity contribution in [3.8, 4) is 34.1 Å². The van der Waals surface area contributed by atoms with E-state index in [-0.39, 0.29) is 5.78 Å². The van der Waals surface area contributed by atoms with Crippen molar-refractivity contribution in [2.75, 3.05) is 52.3 Å². The van der Waals surface area contributed by atoms with Gasteiger partial charge in [0, 0.05) is 48.7 Å². The number of aromatic nitrogens is 3. The van der Waals surface area contributed by atoms with E-state index in [2.05, 4.69) is 45.0 Å². The number of anilines is 1. The van der Waals surface area contributed by atoms with Crippen molar-refractivity contribution in [1.29, 1.82) is 0 Å². The molecule has 0 unspecified atom stereocenters. The first-order valence-electron chi connectivity index (χ1n) is 12.8. The van der Waals surface area contributed by atoms with Crippen LogP contribution in [0.1, 0.15) is 36.8 Å². The van der Waals surface area contributed by atoms with Crippen molar-refractivity contribution in [1.82, 2.24) is 19.9 Å². The van der Waals surface area contributed by atoms with Crippen LogP contribution in [0, 0.1) is 6.92 Å². The fourth-order valence-electron chi connectivity index (χ4n) is 4.90. The van der Waals surface area contributed by atoms with E-state index in [1.54, 1.807) is 21.1 Å². The Morgan fingerprint density at radius 1 is 0.946 bits per heavy atom. The number of imidazole rings is 1. The number of hydrogen-bond donors (Lipinski definition) is 2. The molecule has 3 heterocycles. The highest BCUT2D eigenvalue weighted by atomic mass is 16.5. The lowest BCUT2D eigenvalue weighted by Crippen LogP contribution is -2.44. The number of fused-ring (bicyclic) bond motifs is 1. The first-order chi connectivity index (χ1) is 17.9. The number of H-pyrrole nitrogens is 2. The number of benzene rings is 2. The third-order valence-electron chi connectivity index (χ3n) is 6.78. The first kappa shape index (κ1) is 26.3. The molecule has 0 bridgehead atoms. The van der Waals surface area contributed by atoms with Gasteiger partial charge in [-0.2, -0.15) is 0 Å². The van der Waals surface area contributed by atoms with Gasteiger partial charge in [0.15, 0.2) is 23.1 Å². The Morgan fingerprint density at radius 3 is 2.30 bits per heavy atom. The molecule has 2 aromatic heterocycles. The van der Waals surface area contributed by atoms with Crippen LogP contribution in [-0.2, 0) is 0 Å². The molecular formula is C29H37N5O3. The number of methoxy groups -OCH3 is 2. The number of carbonyl (C=O) groups is 1. The molecule has 2 N–H and O–H groups in total. The molecule has 0 amide bonds. The van der Waals surface area contributed by atoms with Gasteiger partial charge in [-0.15, -0.1) is 0 Å². The van der Waals surface area contributed by atoms with Gasteiger partial charge in [0.25, 0.3) is 0 Å². The molecule has 5 rings (SSSR count). The van der Waals surface area contributed by atoms with E-state index in [9.17, 15) is 4.79 Å². The van der Waals surface area contributed by atoms with E-state index in [4.69, 9.17) is 14.5 Å². The van der Waals surface area contributed by atoms with Gasteiger partial charge in [0.05, 0.1) is 30.9 Å². The third-order valence-corrected chi connectivity index (χ3v) is 6.78. The van der Waals surface area contributed by atoms with Gasteiger partial charge in [-0.25, -0.2) is 4.98 Å². The van der Waals surface area contributed by atoms with Crippen molar-refractivity contribution < 1.29 is 14.3 Å². The minimum absolute atomic E-state index is 0.0109. The molecule has 1 aliphatic heterocycles. The van der Waals surface area contributed by atoms with Crippen molar-refractivity contribution in [3.63, 3.8) is 0 Å². The Balaban J connectivity index is 0.00000156. The smallest absolute Gasteiger partial charge is 0.162 e. The van der Waals surface area contributed by atoms with Crippen molar-refractivity contribution in [3.05, 3.63) is 47.7 Å². The Kier molecular flexibility index (Phi) is 7.88. The number of ether oxygens (including phenoxy) is 2. The summed E-state index contributed by atoms with van der Waals surface area (Å²) in [5.41, 5.74) is 6.91. The standard InChI is InChI=1S/C27H31N5O3.C2H6/c1-16-24(17(2)33)25(18-6-9-22(34-4)23(14-18)35-5)26(28-16)27-29-20-8-7-19(15-21(20)30-27)32-12-10-31(3)11-13-32;1-2/h6-9,14-15,28H,10-13H2,1-5H3,(H,29,30);1-2H3. The van der Waals surface area contributed by atoms with Crippen molar-refractivity contribution in [2.24, 2.45) is 0 Å².